The lowest BCUT2D eigenvalue weighted by atomic mass is 9.98. The van der Waals surface area contributed by atoms with E-state index in [1.165, 1.54) is 31.5 Å². The Bertz CT molecular complexity index is 605. The highest BCUT2D eigenvalue weighted by Gasteiger charge is 2.33. The Morgan fingerprint density at radius 3 is 2.57 bits per heavy atom. The molecule has 28 heavy (non-hydrogen) atoms. The van der Waals surface area contributed by atoms with Crippen LogP contribution in [-0.2, 0) is 17.9 Å². The molecule has 2 aliphatic rings. The topological polar surface area (TPSA) is 48.4 Å². The van der Waals surface area contributed by atoms with Gasteiger partial charge in [-0.15, -0.1) is 0 Å². The van der Waals surface area contributed by atoms with Crippen molar-refractivity contribution in [3.8, 4) is 5.75 Å². The summed E-state index contributed by atoms with van der Waals surface area (Å²) in [5.74, 6) is 0.885. The van der Waals surface area contributed by atoms with Gasteiger partial charge in [-0.25, -0.2) is 0 Å². The normalized spacial score (nSPS) is 23.2. The van der Waals surface area contributed by atoms with Crippen LogP contribution in [0.25, 0.3) is 0 Å². The van der Waals surface area contributed by atoms with Crippen LogP contribution in [0.4, 0.5) is 0 Å². The fourth-order valence-corrected chi connectivity index (χ4v) is 4.75. The molecule has 158 valence electrons. The summed E-state index contributed by atoms with van der Waals surface area (Å²) in [6.45, 7) is 7.34. The van der Waals surface area contributed by atoms with Crippen molar-refractivity contribution in [2.75, 3.05) is 60.6 Å². The lowest BCUT2D eigenvalue weighted by Crippen LogP contribution is -2.58. The highest BCUT2D eigenvalue weighted by Crippen LogP contribution is 2.25. The monoisotopic (exact) mass is 391 g/mol. The molecule has 0 saturated carbocycles. The number of piperazine rings is 1. The van der Waals surface area contributed by atoms with E-state index in [4.69, 9.17) is 9.47 Å². The zero-order valence-electron chi connectivity index (χ0n) is 17.8. The maximum Gasteiger partial charge on any atom is 0.124 e. The number of hydrogen-bond donors (Lipinski definition) is 1. The van der Waals surface area contributed by atoms with Crippen LogP contribution in [0, 0.1) is 0 Å². The van der Waals surface area contributed by atoms with Crippen LogP contribution in [-0.4, -0.2) is 92.5 Å². The van der Waals surface area contributed by atoms with Gasteiger partial charge in [0.25, 0.3) is 0 Å². The van der Waals surface area contributed by atoms with Gasteiger partial charge in [-0.05, 0) is 57.1 Å². The Labute approximate surface area is 170 Å². The van der Waals surface area contributed by atoms with Crippen molar-refractivity contribution in [1.82, 2.24) is 14.7 Å². The fraction of sp³-hybridized carbons (Fsp3) is 0.727. The minimum absolute atomic E-state index is 0.266. The van der Waals surface area contributed by atoms with Gasteiger partial charge in [-0.2, -0.15) is 0 Å². The minimum Gasteiger partial charge on any atom is -0.496 e. The van der Waals surface area contributed by atoms with Crippen LogP contribution < -0.4 is 4.74 Å². The van der Waals surface area contributed by atoms with E-state index in [0.717, 1.165) is 43.9 Å². The van der Waals surface area contributed by atoms with Gasteiger partial charge in [0.2, 0.25) is 0 Å². The van der Waals surface area contributed by atoms with Gasteiger partial charge in [-0.3, -0.25) is 9.80 Å². The molecule has 0 spiro atoms. The number of hydrogen-bond acceptors (Lipinski definition) is 6. The predicted octanol–water partition coefficient (Wildman–Crippen LogP) is 1.80. The first-order valence-corrected chi connectivity index (χ1v) is 10.6. The number of piperidine rings is 1. The first-order chi connectivity index (χ1) is 13.6. The Morgan fingerprint density at radius 2 is 1.89 bits per heavy atom. The SMILES string of the molecule is COCc1cc(CN2CCN(C3CCN(C)CC3)C(CCO)C2)ccc1OC. The standard InChI is InChI=1S/C22H37N3O3/c1-23-9-6-20(7-10-23)25-12-11-24(16-21(25)8-13-26)15-18-4-5-22(28-3)19(14-18)17-27-2/h4-5,14,20-21,26H,6-13,15-17H2,1-3H3. The maximum absolute atomic E-state index is 9.62. The molecule has 1 aromatic carbocycles. The number of rotatable bonds is 8. The lowest BCUT2D eigenvalue weighted by molar-refractivity contribution is 0.00598. The Hall–Kier alpha value is -1.18. The predicted molar refractivity (Wildman–Crippen MR) is 112 cm³/mol. The molecular formula is C22H37N3O3. The van der Waals surface area contributed by atoms with E-state index in [1.54, 1.807) is 14.2 Å². The molecule has 0 radical (unpaired) electrons. The second kappa shape index (κ2) is 10.6. The number of methoxy groups -OCH3 is 2. The summed E-state index contributed by atoms with van der Waals surface area (Å²) in [4.78, 5) is 7.64. The Morgan fingerprint density at radius 1 is 1.11 bits per heavy atom. The average molecular weight is 392 g/mol. The third kappa shape index (κ3) is 5.45. The molecule has 1 aromatic rings. The van der Waals surface area contributed by atoms with Crippen molar-refractivity contribution in [1.29, 1.82) is 0 Å². The van der Waals surface area contributed by atoms with Crippen molar-refractivity contribution in [2.24, 2.45) is 0 Å². The average Bonchev–Trinajstić information content (AvgIpc) is 2.70. The molecule has 2 saturated heterocycles. The van der Waals surface area contributed by atoms with E-state index < -0.39 is 0 Å². The fourth-order valence-electron chi connectivity index (χ4n) is 4.75. The number of nitrogens with zero attached hydrogens (tertiary/aromatic N) is 3. The zero-order valence-corrected chi connectivity index (χ0v) is 17.8. The summed E-state index contributed by atoms with van der Waals surface area (Å²) >= 11 is 0. The first-order valence-electron chi connectivity index (χ1n) is 10.6. The van der Waals surface area contributed by atoms with Crippen LogP contribution in [0.3, 0.4) is 0 Å². The second-order valence-corrected chi connectivity index (χ2v) is 8.25. The van der Waals surface area contributed by atoms with E-state index in [1.807, 2.05) is 6.07 Å². The van der Waals surface area contributed by atoms with Gasteiger partial charge in [0.15, 0.2) is 0 Å². The van der Waals surface area contributed by atoms with E-state index in [0.29, 0.717) is 18.7 Å². The summed E-state index contributed by atoms with van der Waals surface area (Å²) in [6.07, 6.45) is 3.36. The van der Waals surface area contributed by atoms with Crippen molar-refractivity contribution in [3.63, 3.8) is 0 Å². The third-order valence-corrected chi connectivity index (χ3v) is 6.28. The van der Waals surface area contributed by atoms with Gasteiger partial charge in [0.1, 0.15) is 5.75 Å². The first kappa shape index (κ1) is 21.5. The highest BCUT2D eigenvalue weighted by molar-refractivity contribution is 5.37. The molecule has 0 aliphatic carbocycles. The number of benzene rings is 1. The molecular weight excluding hydrogens is 354 g/mol. The molecule has 0 aromatic heterocycles. The number of likely N-dealkylation sites (tertiary alicyclic amines) is 1. The summed E-state index contributed by atoms with van der Waals surface area (Å²) < 4.78 is 10.8. The second-order valence-electron chi connectivity index (χ2n) is 8.25. The molecule has 6 heteroatoms. The Balaban J connectivity index is 1.63. The van der Waals surface area contributed by atoms with Gasteiger partial charge >= 0.3 is 0 Å². The highest BCUT2D eigenvalue weighted by atomic mass is 16.5. The smallest absolute Gasteiger partial charge is 0.124 e. The van der Waals surface area contributed by atoms with Crippen LogP contribution in [0.15, 0.2) is 18.2 Å². The number of ether oxygens (including phenoxy) is 2. The van der Waals surface area contributed by atoms with Gasteiger partial charge < -0.3 is 19.5 Å². The molecule has 1 unspecified atom stereocenters. The van der Waals surface area contributed by atoms with Crippen LogP contribution in [0.5, 0.6) is 5.75 Å². The molecule has 3 rings (SSSR count). The van der Waals surface area contributed by atoms with E-state index in [9.17, 15) is 5.11 Å². The number of aliphatic hydroxyl groups excluding tert-OH is 1. The van der Waals surface area contributed by atoms with Crippen molar-refractivity contribution >= 4 is 0 Å². The van der Waals surface area contributed by atoms with Gasteiger partial charge in [0, 0.05) is 57.5 Å². The number of aliphatic hydroxyl groups is 1. The third-order valence-electron chi connectivity index (χ3n) is 6.28. The van der Waals surface area contributed by atoms with Crippen molar-refractivity contribution in [3.05, 3.63) is 29.3 Å². The molecule has 1 N–H and O–H groups in total. The largest absolute Gasteiger partial charge is 0.496 e. The minimum atomic E-state index is 0.266. The van der Waals surface area contributed by atoms with Crippen LogP contribution in [0.1, 0.15) is 30.4 Å². The molecule has 1 atom stereocenters. The maximum atomic E-state index is 9.62. The Kier molecular flexibility index (Phi) is 8.11. The van der Waals surface area contributed by atoms with Crippen molar-refractivity contribution < 1.29 is 14.6 Å². The van der Waals surface area contributed by atoms with E-state index in [-0.39, 0.29) is 6.61 Å². The molecule has 6 nitrogen and oxygen atoms in total. The van der Waals surface area contributed by atoms with E-state index >= 15 is 0 Å². The van der Waals surface area contributed by atoms with Crippen molar-refractivity contribution in [2.45, 2.75) is 44.5 Å². The molecule has 2 heterocycles. The van der Waals surface area contributed by atoms with Crippen LogP contribution in [0.2, 0.25) is 0 Å². The molecule has 2 fully saturated rings. The summed E-state index contributed by atoms with van der Waals surface area (Å²) in [6, 6.07) is 7.52. The lowest BCUT2D eigenvalue weighted by Gasteiger charge is -2.47. The van der Waals surface area contributed by atoms with E-state index in [2.05, 4.69) is 33.9 Å². The summed E-state index contributed by atoms with van der Waals surface area (Å²) in [5, 5.41) is 9.62. The van der Waals surface area contributed by atoms with Gasteiger partial charge in [0.05, 0.1) is 13.7 Å². The zero-order chi connectivity index (χ0) is 19.9. The van der Waals surface area contributed by atoms with Crippen LogP contribution >= 0.6 is 0 Å². The summed E-state index contributed by atoms with van der Waals surface area (Å²) in [5.41, 5.74) is 2.39. The summed E-state index contributed by atoms with van der Waals surface area (Å²) in [7, 11) is 5.63. The molecule has 2 aliphatic heterocycles. The van der Waals surface area contributed by atoms with Gasteiger partial charge in [-0.1, -0.05) is 6.07 Å². The molecule has 0 amide bonds. The molecule has 0 bridgehead atoms. The quantitative estimate of drug-likeness (QED) is 0.729.